The lowest BCUT2D eigenvalue weighted by atomic mass is 10.1. The molecule has 0 amide bonds. The van der Waals surface area contributed by atoms with E-state index in [4.69, 9.17) is 9.47 Å². The fraction of sp³-hybridized carbons (Fsp3) is 0.125. The Labute approximate surface area is 129 Å². The summed E-state index contributed by atoms with van der Waals surface area (Å²) in [6.07, 6.45) is 0. The number of carbonyl (C=O) groups is 1. The zero-order valence-corrected chi connectivity index (χ0v) is 12.4. The highest BCUT2D eigenvalue weighted by molar-refractivity contribution is 7.17. The van der Waals surface area contributed by atoms with Gasteiger partial charge in [0.1, 0.15) is 0 Å². The lowest BCUT2D eigenvalue weighted by Crippen LogP contribution is -1.96. The topological polar surface area (TPSA) is 68.7 Å². The zero-order valence-electron chi connectivity index (χ0n) is 11.6. The first kappa shape index (κ1) is 13.1. The molecule has 0 bridgehead atoms. The van der Waals surface area contributed by atoms with Crippen LogP contribution in [-0.2, 0) is 0 Å². The molecule has 1 N–H and O–H groups in total. The molecule has 0 unspecified atom stereocenters. The van der Waals surface area contributed by atoms with Crippen LogP contribution >= 0.6 is 11.3 Å². The van der Waals surface area contributed by atoms with E-state index in [1.165, 1.54) is 11.3 Å². The number of benzene rings is 1. The van der Waals surface area contributed by atoms with E-state index in [9.17, 15) is 9.90 Å². The second-order valence-electron chi connectivity index (χ2n) is 5.02. The summed E-state index contributed by atoms with van der Waals surface area (Å²) in [6.45, 7) is 2.18. The van der Waals surface area contributed by atoms with Crippen molar-refractivity contribution in [3.63, 3.8) is 0 Å². The standard InChI is InChI=1S/C16H11NO4S/c1-8-4-11(9-2-3-12-13(5-9)21-7-20-12)17-14-10(16(18)19)6-22-15(8)14/h2-6H,7H2,1H3,(H,18,19). The maximum absolute atomic E-state index is 11.3. The molecule has 0 saturated heterocycles. The van der Waals surface area contributed by atoms with Crippen LogP contribution in [0.1, 0.15) is 15.9 Å². The SMILES string of the molecule is Cc1cc(-c2ccc3c(c2)OCO3)nc2c(C(=O)O)csc12. The number of pyridine rings is 1. The number of carboxylic acid groups (broad SMARTS) is 1. The molecule has 110 valence electrons. The molecule has 0 spiro atoms. The molecule has 3 heterocycles. The highest BCUT2D eigenvalue weighted by Crippen LogP contribution is 2.37. The first-order chi connectivity index (χ1) is 10.6. The van der Waals surface area contributed by atoms with Crippen LogP contribution < -0.4 is 9.47 Å². The number of carboxylic acids is 1. The van der Waals surface area contributed by atoms with Gasteiger partial charge in [-0.1, -0.05) is 0 Å². The summed E-state index contributed by atoms with van der Waals surface area (Å²) in [7, 11) is 0. The molecule has 0 saturated carbocycles. The molecule has 0 atom stereocenters. The predicted octanol–water partition coefficient (Wildman–Crippen LogP) is 3.70. The first-order valence-corrected chi connectivity index (χ1v) is 7.53. The average molecular weight is 313 g/mol. The fourth-order valence-corrected chi connectivity index (χ4v) is 3.48. The quantitative estimate of drug-likeness (QED) is 0.781. The van der Waals surface area contributed by atoms with Crippen molar-refractivity contribution in [1.29, 1.82) is 0 Å². The molecule has 0 aliphatic carbocycles. The molecule has 0 radical (unpaired) electrons. The summed E-state index contributed by atoms with van der Waals surface area (Å²) >= 11 is 1.40. The Morgan fingerprint density at radius 1 is 1.27 bits per heavy atom. The normalized spacial score (nSPS) is 12.8. The van der Waals surface area contributed by atoms with Gasteiger partial charge in [0, 0.05) is 10.9 Å². The maximum atomic E-state index is 11.3. The number of aryl methyl sites for hydroxylation is 1. The molecule has 6 heteroatoms. The van der Waals surface area contributed by atoms with Crippen molar-refractivity contribution in [3.05, 3.63) is 40.8 Å². The first-order valence-electron chi connectivity index (χ1n) is 6.65. The number of hydrogen-bond donors (Lipinski definition) is 1. The van der Waals surface area contributed by atoms with Crippen LogP contribution in [0.5, 0.6) is 11.5 Å². The molecule has 1 aliphatic rings. The van der Waals surface area contributed by atoms with Crippen molar-refractivity contribution in [1.82, 2.24) is 4.98 Å². The van der Waals surface area contributed by atoms with E-state index in [1.807, 2.05) is 31.2 Å². The Bertz CT molecular complexity index is 916. The molecular weight excluding hydrogens is 302 g/mol. The number of ether oxygens (including phenoxy) is 2. The average Bonchev–Trinajstić information content (AvgIpc) is 3.12. The molecular formula is C16H11NO4S. The zero-order chi connectivity index (χ0) is 15.3. The summed E-state index contributed by atoms with van der Waals surface area (Å²) in [6, 6.07) is 7.56. The van der Waals surface area contributed by atoms with E-state index < -0.39 is 5.97 Å². The summed E-state index contributed by atoms with van der Waals surface area (Å²) in [5, 5.41) is 10.9. The Morgan fingerprint density at radius 2 is 2.09 bits per heavy atom. The minimum Gasteiger partial charge on any atom is -0.478 e. The maximum Gasteiger partial charge on any atom is 0.338 e. The van der Waals surface area contributed by atoms with Crippen LogP contribution in [0, 0.1) is 6.92 Å². The number of aromatic carboxylic acids is 1. The van der Waals surface area contributed by atoms with Crippen LogP contribution in [-0.4, -0.2) is 22.9 Å². The van der Waals surface area contributed by atoms with Gasteiger partial charge in [-0.05, 0) is 36.8 Å². The molecule has 1 aromatic carbocycles. The molecule has 22 heavy (non-hydrogen) atoms. The Kier molecular flexibility index (Phi) is 2.80. The second-order valence-corrected chi connectivity index (χ2v) is 5.90. The van der Waals surface area contributed by atoms with Gasteiger partial charge in [0.15, 0.2) is 11.5 Å². The second kappa shape index (κ2) is 4.71. The summed E-state index contributed by atoms with van der Waals surface area (Å²) in [5.41, 5.74) is 3.38. The van der Waals surface area contributed by atoms with Gasteiger partial charge in [-0.2, -0.15) is 0 Å². The van der Waals surface area contributed by atoms with E-state index in [2.05, 4.69) is 4.98 Å². The largest absolute Gasteiger partial charge is 0.478 e. The molecule has 5 nitrogen and oxygen atoms in total. The van der Waals surface area contributed by atoms with Crippen LogP contribution in [0.4, 0.5) is 0 Å². The number of aromatic nitrogens is 1. The number of thiophene rings is 1. The monoisotopic (exact) mass is 313 g/mol. The van der Waals surface area contributed by atoms with Crippen molar-refractivity contribution in [2.45, 2.75) is 6.92 Å². The third-order valence-corrected chi connectivity index (χ3v) is 4.71. The summed E-state index contributed by atoms with van der Waals surface area (Å²) < 4.78 is 11.6. The van der Waals surface area contributed by atoms with Gasteiger partial charge < -0.3 is 14.6 Å². The number of hydrogen-bond acceptors (Lipinski definition) is 5. The van der Waals surface area contributed by atoms with E-state index in [0.29, 0.717) is 17.0 Å². The van der Waals surface area contributed by atoms with Crippen LogP contribution in [0.25, 0.3) is 21.5 Å². The van der Waals surface area contributed by atoms with Crippen LogP contribution in [0.15, 0.2) is 29.6 Å². The molecule has 3 aromatic rings. The highest BCUT2D eigenvalue weighted by Gasteiger charge is 2.18. The van der Waals surface area contributed by atoms with E-state index in [1.54, 1.807) is 5.38 Å². The van der Waals surface area contributed by atoms with Crippen LogP contribution in [0.2, 0.25) is 0 Å². The van der Waals surface area contributed by atoms with Gasteiger partial charge in [-0.25, -0.2) is 9.78 Å². The van der Waals surface area contributed by atoms with Crippen molar-refractivity contribution in [2.75, 3.05) is 6.79 Å². The van der Waals surface area contributed by atoms with Gasteiger partial charge in [-0.15, -0.1) is 11.3 Å². The van der Waals surface area contributed by atoms with Crippen molar-refractivity contribution < 1.29 is 19.4 Å². The van der Waals surface area contributed by atoms with E-state index in [0.717, 1.165) is 21.5 Å². The summed E-state index contributed by atoms with van der Waals surface area (Å²) in [5.74, 6) is 0.435. The van der Waals surface area contributed by atoms with Gasteiger partial charge >= 0.3 is 5.97 Å². The Hall–Kier alpha value is -2.60. The lowest BCUT2D eigenvalue weighted by molar-refractivity contribution is 0.0699. The number of rotatable bonds is 2. The molecule has 1 aliphatic heterocycles. The minimum atomic E-state index is -0.957. The smallest absolute Gasteiger partial charge is 0.338 e. The van der Waals surface area contributed by atoms with Crippen molar-refractivity contribution in [2.24, 2.45) is 0 Å². The summed E-state index contributed by atoms with van der Waals surface area (Å²) in [4.78, 5) is 15.9. The Balaban J connectivity index is 1.91. The van der Waals surface area contributed by atoms with Gasteiger partial charge in [0.2, 0.25) is 6.79 Å². The van der Waals surface area contributed by atoms with Crippen LogP contribution in [0.3, 0.4) is 0 Å². The minimum absolute atomic E-state index is 0.220. The third-order valence-electron chi connectivity index (χ3n) is 3.61. The highest BCUT2D eigenvalue weighted by atomic mass is 32.1. The van der Waals surface area contributed by atoms with Crippen molar-refractivity contribution in [3.8, 4) is 22.8 Å². The van der Waals surface area contributed by atoms with E-state index in [-0.39, 0.29) is 12.4 Å². The number of nitrogens with zero attached hydrogens (tertiary/aromatic N) is 1. The lowest BCUT2D eigenvalue weighted by Gasteiger charge is -2.05. The number of fused-ring (bicyclic) bond motifs is 2. The molecule has 0 fully saturated rings. The predicted molar refractivity (Wildman–Crippen MR) is 82.9 cm³/mol. The van der Waals surface area contributed by atoms with E-state index >= 15 is 0 Å². The van der Waals surface area contributed by atoms with Gasteiger partial charge in [0.25, 0.3) is 0 Å². The molecule has 2 aromatic heterocycles. The third kappa shape index (κ3) is 1.92. The molecule has 4 rings (SSSR count). The Morgan fingerprint density at radius 3 is 2.91 bits per heavy atom. The fourth-order valence-electron chi connectivity index (χ4n) is 2.52. The van der Waals surface area contributed by atoms with Gasteiger partial charge in [0.05, 0.1) is 21.5 Å². The van der Waals surface area contributed by atoms with Crippen molar-refractivity contribution >= 4 is 27.5 Å². The van der Waals surface area contributed by atoms with Gasteiger partial charge in [-0.3, -0.25) is 0 Å².